The first-order valence-corrected chi connectivity index (χ1v) is 7.58. The van der Waals surface area contributed by atoms with Crippen LogP contribution in [0.3, 0.4) is 0 Å². The van der Waals surface area contributed by atoms with E-state index in [0.29, 0.717) is 5.15 Å². The van der Waals surface area contributed by atoms with E-state index in [0.717, 1.165) is 21.9 Å². The summed E-state index contributed by atoms with van der Waals surface area (Å²) in [5, 5.41) is 5.03. The Morgan fingerprint density at radius 1 is 1.15 bits per heavy atom. The summed E-state index contributed by atoms with van der Waals surface area (Å²) in [5.41, 5.74) is 2.93. The molecular weight excluding hydrogens is 290 g/mol. The molecule has 0 bridgehead atoms. The van der Waals surface area contributed by atoms with Gasteiger partial charge in [0.05, 0.1) is 27.6 Å². The predicted octanol–water partition coefficient (Wildman–Crippen LogP) is 4.83. The fraction of sp³-hybridized carbons (Fsp3) is 0.200. The summed E-state index contributed by atoms with van der Waals surface area (Å²) in [4.78, 5) is 8.91. The number of rotatable bonds is 3. The highest BCUT2D eigenvalue weighted by Gasteiger charge is 2.12. The topological polar surface area (TPSA) is 37.8 Å². The molecule has 0 radical (unpaired) electrons. The van der Waals surface area contributed by atoms with Crippen LogP contribution in [0.4, 0.5) is 5.69 Å². The Kier molecular flexibility index (Phi) is 3.59. The van der Waals surface area contributed by atoms with Gasteiger partial charge < -0.3 is 5.32 Å². The van der Waals surface area contributed by atoms with Gasteiger partial charge in [-0.1, -0.05) is 23.7 Å². The fourth-order valence-corrected chi connectivity index (χ4v) is 3.21. The van der Waals surface area contributed by atoms with Gasteiger partial charge in [-0.15, -0.1) is 11.3 Å². The maximum atomic E-state index is 5.87. The summed E-state index contributed by atoms with van der Waals surface area (Å²) in [6.07, 6.45) is 0. The quantitative estimate of drug-likeness (QED) is 0.704. The zero-order valence-electron chi connectivity index (χ0n) is 11.2. The fourth-order valence-electron chi connectivity index (χ4n) is 2.05. The minimum atomic E-state index is 0.133. The second-order valence-corrected chi connectivity index (χ2v) is 6.10. The monoisotopic (exact) mass is 303 g/mol. The van der Waals surface area contributed by atoms with Gasteiger partial charge in [0.1, 0.15) is 10.2 Å². The zero-order valence-corrected chi connectivity index (χ0v) is 12.8. The van der Waals surface area contributed by atoms with Gasteiger partial charge in [0, 0.05) is 0 Å². The van der Waals surface area contributed by atoms with Crippen molar-refractivity contribution in [1.29, 1.82) is 0 Å². The van der Waals surface area contributed by atoms with E-state index in [4.69, 9.17) is 11.6 Å². The van der Waals surface area contributed by atoms with Crippen LogP contribution in [0.2, 0.25) is 5.15 Å². The van der Waals surface area contributed by atoms with E-state index < -0.39 is 0 Å². The molecule has 0 spiro atoms. The average molecular weight is 304 g/mol. The number of aromatic nitrogens is 2. The summed E-state index contributed by atoms with van der Waals surface area (Å²) in [5.74, 6) is 0. The number of para-hydroxylation sites is 1. The smallest absolute Gasteiger partial charge is 0.129 e. The molecule has 0 aliphatic heterocycles. The Morgan fingerprint density at radius 2 is 1.95 bits per heavy atom. The van der Waals surface area contributed by atoms with Crippen molar-refractivity contribution in [2.45, 2.75) is 19.9 Å². The maximum absolute atomic E-state index is 5.87. The molecule has 1 atom stereocenters. The molecule has 0 saturated heterocycles. The first kappa shape index (κ1) is 13.3. The Morgan fingerprint density at radius 3 is 2.70 bits per heavy atom. The highest BCUT2D eigenvalue weighted by Crippen LogP contribution is 2.29. The number of hydrogen-bond donors (Lipinski definition) is 1. The van der Waals surface area contributed by atoms with Gasteiger partial charge in [-0.25, -0.2) is 9.97 Å². The number of halogens is 1. The number of nitrogens with one attached hydrogen (secondary N) is 1. The van der Waals surface area contributed by atoms with Crippen molar-refractivity contribution in [2.24, 2.45) is 0 Å². The molecule has 1 N–H and O–H groups in total. The molecule has 1 unspecified atom stereocenters. The first-order valence-electron chi connectivity index (χ1n) is 6.38. The molecule has 3 aromatic rings. The largest absolute Gasteiger partial charge is 0.375 e. The van der Waals surface area contributed by atoms with Gasteiger partial charge in [-0.05, 0) is 38.1 Å². The minimum Gasteiger partial charge on any atom is -0.375 e. The molecule has 1 aromatic carbocycles. The molecule has 2 heterocycles. The van der Waals surface area contributed by atoms with Gasteiger partial charge in [-0.2, -0.15) is 0 Å². The molecule has 0 saturated carbocycles. The number of anilines is 1. The van der Waals surface area contributed by atoms with E-state index in [1.165, 1.54) is 4.70 Å². The average Bonchev–Trinajstić information content (AvgIpc) is 2.86. The molecule has 3 nitrogen and oxygen atoms in total. The van der Waals surface area contributed by atoms with Crippen LogP contribution in [0.15, 0.2) is 36.4 Å². The predicted molar refractivity (Wildman–Crippen MR) is 85.6 cm³/mol. The lowest BCUT2D eigenvalue weighted by atomic mass is 10.2. The van der Waals surface area contributed by atoms with Crippen molar-refractivity contribution < 1.29 is 0 Å². The number of nitrogens with zero attached hydrogens (tertiary/aromatic N) is 2. The standard InChI is InChI=1S/C15H14ClN3S/c1-9-11(7-8-14(16)18-9)17-10(2)15-19-12-5-3-4-6-13(12)20-15/h3-8,10,17H,1-2H3. The first-order chi connectivity index (χ1) is 9.63. The zero-order chi connectivity index (χ0) is 14.1. The number of hydrogen-bond acceptors (Lipinski definition) is 4. The molecule has 0 amide bonds. The molecule has 0 aliphatic carbocycles. The van der Waals surface area contributed by atoms with E-state index in [-0.39, 0.29) is 6.04 Å². The number of aryl methyl sites for hydroxylation is 1. The van der Waals surface area contributed by atoms with Gasteiger partial charge >= 0.3 is 0 Å². The van der Waals surface area contributed by atoms with Gasteiger partial charge in [0.2, 0.25) is 0 Å². The molecule has 2 aromatic heterocycles. The lowest BCUT2D eigenvalue weighted by molar-refractivity contribution is 0.869. The van der Waals surface area contributed by atoms with E-state index in [1.807, 2.05) is 31.2 Å². The molecule has 0 aliphatic rings. The summed E-state index contributed by atoms with van der Waals surface area (Å²) < 4.78 is 1.21. The van der Waals surface area contributed by atoms with E-state index in [1.54, 1.807) is 17.4 Å². The molecule has 5 heteroatoms. The Bertz CT molecular complexity index is 721. The van der Waals surface area contributed by atoms with Crippen molar-refractivity contribution in [3.63, 3.8) is 0 Å². The number of benzene rings is 1. The minimum absolute atomic E-state index is 0.133. The van der Waals surface area contributed by atoms with Crippen molar-refractivity contribution in [3.05, 3.63) is 52.3 Å². The van der Waals surface area contributed by atoms with Crippen LogP contribution in [-0.4, -0.2) is 9.97 Å². The van der Waals surface area contributed by atoms with Crippen molar-refractivity contribution in [3.8, 4) is 0 Å². The van der Waals surface area contributed by atoms with Gasteiger partial charge in [0.15, 0.2) is 0 Å². The van der Waals surface area contributed by atoms with Crippen LogP contribution in [-0.2, 0) is 0 Å². The molecule has 20 heavy (non-hydrogen) atoms. The molecule has 0 fully saturated rings. The summed E-state index contributed by atoms with van der Waals surface area (Å²) in [6.45, 7) is 4.05. The third-order valence-corrected chi connectivity index (χ3v) is 4.53. The van der Waals surface area contributed by atoms with E-state index >= 15 is 0 Å². The third-order valence-electron chi connectivity index (χ3n) is 3.10. The summed E-state index contributed by atoms with van der Waals surface area (Å²) in [7, 11) is 0. The summed E-state index contributed by atoms with van der Waals surface area (Å²) >= 11 is 7.59. The molecular formula is C15H14ClN3S. The highest BCUT2D eigenvalue weighted by molar-refractivity contribution is 7.18. The van der Waals surface area contributed by atoms with Crippen molar-refractivity contribution in [1.82, 2.24) is 9.97 Å². The third kappa shape index (κ3) is 2.62. The lowest BCUT2D eigenvalue weighted by Crippen LogP contribution is -2.07. The van der Waals surface area contributed by atoms with Crippen LogP contribution in [0.5, 0.6) is 0 Å². The Hall–Kier alpha value is -1.65. The molecule has 3 rings (SSSR count). The van der Waals surface area contributed by atoms with Gasteiger partial charge in [-0.3, -0.25) is 0 Å². The number of thiazole rings is 1. The van der Waals surface area contributed by atoms with Crippen LogP contribution >= 0.6 is 22.9 Å². The van der Waals surface area contributed by atoms with Crippen LogP contribution < -0.4 is 5.32 Å². The SMILES string of the molecule is Cc1nc(Cl)ccc1NC(C)c1nc2ccccc2s1. The Balaban J connectivity index is 1.86. The summed E-state index contributed by atoms with van der Waals surface area (Å²) in [6, 6.07) is 12.1. The lowest BCUT2D eigenvalue weighted by Gasteiger charge is -2.14. The second-order valence-electron chi connectivity index (χ2n) is 4.65. The molecule has 102 valence electrons. The van der Waals surface area contributed by atoms with Gasteiger partial charge in [0.25, 0.3) is 0 Å². The number of pyridine rings is 1. The van der Waals surface area contributed by atoms with E-state index in [9.17, 15) is 0 Å². The van der Waals surface area contributed by atoms with E-state index in [2.05, 4.69) is 28.3 Å². The van der Waals surface area contributed by atoms with Crippen LogP contribution in [0.1, 0.15) is 23.7 Å². The van der Waals surface area contributed by atoms with Crippen LogP contribution in [0.25, 0.3) is 10.2 Å². The normalized spacial score (nSPS) is 12.6. The number of fused-ring (bicyclic) bond motifs is 1. The van der Waals surface area contributed by atoms with Crippen LogP contribution in [0, 0.1) is 6.92 Å². The van der Waals surface area contributed by atoms with Crippen molar-refractivity contribution in [2.75, 3.05) is 5.32 Å². The maximum Gasteiger partial charge on any atom is 0.129 e. The highest BCUT2D eigenvalue weighted by atomic mass is 35.5. The Labute approximate surface area is 126 Å². The van der Waals surface area contributed by atoms with Crippen molar-refractivity contribution >= 4 is 38.8 Å². The second kappa shape index (κ2) is 5.38.